The Bertz CT molecular complexity index is 1070. The summed E-state index contributed by atoms with van der Waals surface area (Å²) in [6.07, 6.45) is 3.23. The summed E-state index contributed by atoms with van der Waals surface area (Å²) < 4.78 is 0. The molecule has 3 aromatic carbocycles. The van der Waals surface area contributed by atoms with Gasteiger partial charge in [0.1, 0.15) is 0 Å². The van der Waals surface area contributed by atoms with Gasteiger partial charge in [0.15, 0.2) is 0 Å². The van der Waals surface area contributed by atoms with Crippen molar-refractivity contribution in [2.75, 3.05) is 6.54 Å². The van der Waals surface area contributed by atoms with Crippen molar-refractivity contribution >= 4 is 10.9 Å². The Morgan fingerprint density at radius 3 is 2.18 bits per heavy atom. The van der Waals surface area contributed by atoms with E-state index >= 15 is 0 Å². The molecular weight excluding hydrogens is 340 g/mol. The summed E-state index contributed by atoms with van der Waals surface area (Å²) in [5.74, 6) is 0. The zero-order chi connectivity index (χ0) is 19.5. The lowest BCUT2D eigenvalue weighted by atomic mass is 9.97. The van der Waals surface area contributed by atoms with Gasteiger partial charge in [0.05, 0.1) is 0 Å². The van der Waals surface area contributed by atoms with Gasteiger partial charge in [-0.3, -0.25) is 0 Å². The highest BCUT2D eigenvalue weighted by atomic mass is 14.7. The molecule has 0 aliphatic carbocycles. The molecule has 1 aromatic heterocycles. The molecule has 0 saturated heterocycles. The van der Waals surface area contributed by atoms with Crippen LogP contribution in [0, 0.1) is 13.8 Å². The molecule has 0 radical (unpaired) electrons. The third-order valence-corrected chi connectivity index (χ3v) is 5.52. The predicted molar refractivity (Wildman–Crippen MR) is 121 cm³/mol. The van der Waals surface area contributed by atoms with Crippen LogP contribution in [0.4, 0.5) is 0 Å². The number of hydrogen-bond acceptors (Lipinski definition) is 1. The van der Waals surface area contributed by atoms with Gasteiger partial charge in [-0.15, -0.1) is 0 Å². The molecule has 0 atom stereocenters. The van der Waals surface area contributed by atoms with Gasteiger partial charge in [-0.05, 0) is 73.5 Å². The Labute approximate surface area is 167 Å². The van der Waals surface area contributed by atoms with Gasteiger partial charge in [-0.2, -0.15) is 0 Å². The van der Waals surface area contributed by atoms with E-state index in [0.717, 1.165) is 25.8 Å². The third kappa shape index (κ3) is 3.61. The van der Waals surface area contributed by atoms with Crippen LogP contribution in [-0.2, 0) is 6.42 Å². The van der Waals surface area contributed by atoms with Gasteiger partial charge in [0.25, 0.3) is 0 Å². The molecular formula is C26H28N2. The third-order valence-electron chi connectivity index (χ3n) is 5.52. The molecule has 4 aromatic rings. The second-order valence-corrected chi connectivity index (χ2v) is 7.67. The molecule has 3 N–H and O–H groups in total. The van der Waals surface area contributed by atoms with Crippen LogP contribution in [0.5, 0.6) is 0 Å². The Morgan fingerprint density at radius 1 is 0.786 bits per heavy atom. The first-order valence-corrected chi connectivity index (χ1v) is 10.1. The molecule has 1 heterocycles. The highest BCUT2D eigenvalue weighted by molar-refractivity contribution is 5.93. The monoisotopic (exact) mass is 368 g/mol. The second kappa shape index (κ2) is 8.04. The quantitative estimate of drug-likeness (QED) is 0.380. The van der Waals surface area contributed by atoms with Gasteiger partial charge < -0.3 is 10.7 Å². The number of H-pyrrole nitrogens is 1. The van der Waals surface area contributed by atoms with Crippen molar-refractivity contribution in [2.45, 2.75) is 33.1 Å². The lowest BCUT2D eigenvalue weighted by Crippen LogP contribution is -1.99. The number of aromatic amines is 1. The standard InChI is InChI=1S/C26H28N2/c1-18-16-19(2)25-24(17-18)23(10-6-7-15-27)26(28-25)22-13-11-21(12-14-22)20-8-4-3-5-9-20/h3-5,8-9,11-14,16-17,28H,6-7,10,15,27H2,1-2H3. The zero-order valence-electron chi connectivity index (χ0n) is 16.8. The number of aromatic nitrogens is 1. The average molecular weight is 369 g/mol. The van der Waals surface area contributed by atoms with Crippen LogP contribution in [0.3, 0.4) is 0 Å². The first kappa shape index (κ1) is 18.5. The smallest absolute Gasteiger partial charge is 0.0497 e. The van der Waals surface area contributed by atoms with Gasteiger partial charge in [0.2, 0.25) is 0 Å². The number of hydrogen-bond donors (Lipinski definition) is 2. The summed E-state index contributed by atoms with van der Waals surface area (Å²) in [4.78, 5) is 3.73. The fourth-order valence-corrected chi connectivity index (χ4v) is 4.12. The molecule has 4 rings (SSSR count). The van der Waals surface area contributed by atoms with Crippen LogP contribution in [0.15, 0.2) is 66.7 Å². The van der Waals surface area contributed by atoms with Crippen LogP contribution in [-0.4, -0.2) is 11.5 Å². The number of unbranched alkanes of at least 4 members (excludes halogenated alkanes) is 1. The summed E-state index contributed by atoms with van der Waals surface area (Å²) in [5.41, 5.74) is 16.0. The van der Waals surface area contributed by atoms with Crippen molar-refractivity contribution < 1.29 is 0 Å². The van der Waals surface area contributed by atoms with E-state index in [1.165, 1.54) is 50.0 Å². The average Bonchev–Trinajstić information content (AvgIpc) is 3.08. The lowest BCUT2D eigenvalue weighted by molar-refractivity contribution is 0.748. The molecule has 2 heteroatoms. The summed E-state index contributed by atoms with van der Waals surface area (Å²) in [5, 5.41) is 1.36. The van der Waals surface area contributed by atoms with Crippen LogP contribution < -0.4 is 5.73 Å². The molecule has 0 spiro atoms. The van der Waals surface area contributed by atoms with Crippen LogP contribution >= 0.6 is 0 Å². The summed E-state index contributed by atoms with van der Waals surface area (Å²) in [6.45, 7) is 5.12. The summed E-state index contributed by atoms with van der Waals surface area (Å²) >= 11 is 0. The highest BCUT2D eigenvalue weighted by Gasteiger charge is 2.15. The number of benzene rings is 3. The normalized spacial score (nSPS) is 11.2. The molecule has 0 aliphatic rings. The molecule has 0 aliphatic heterocycles. The molecule has 142 valence electrons. The maximum Gasteiger partial charge on any atom is 0.0497 e. The molecule has 0 fully saturated rings. The maximum atomic E-state index is 5.74. The maximum absolute atomic E-state index is 5.74. The number of nitrogens with two attached hydrogens (primary N) is 1. The second-order valence-electron chi connectivity index (χ2n) is 7.67. The Morgan fingerprint density at radius 2 is 1.46 bits per heavy atom. The van der Waals surface area contributed by atoms with Crippen molar-refractivity contribution in [3.63, 3.8) is 0 Å². The van der Waals surface area contributed by atoms with Gasteiger partial charge in [-0.1, -0.05) is 66.2 Å². The number of rotatable bonds is 6. The summed E-state index contributed by atoms with van der Waals surface area (Å²) in [7, 11) is 0. The minimum absolute atomic E-state index is 0.752. The number of nitrogens with one attached hydrogen (secondary N) is 1. The largest absolute Gasteiger partial charge is 0.354 e. The van der Waals surface area contributed by atoms with Gasteiger partial charge >= 0.3 is 0 Å². The van der Waals surface area contributed by atoms with Crippen LogP contribution in [0.2, 0.25) is 0 Å². The van der Waals surface area contributed by atoms with Crippen molar-refractivity contribution in [3.05, 3.63) is 83.4 Å². The van der Waals surface area contributed by atoms with Crippen molar-refractivity contribution in [2.24, 2.45) is 5.73 Å². The minimum Gasteiger partial charge on any atom is -0.354 e. The van der Waals surface area contributed by atoms with E-state index in [1.54, 1.807) is 0 Å². The van der Waals surface area contributed by atoms with Crippen molar-refractivity contribution in [1.82, 2.24) is 4.98 Å². The summed E-state index contributed by atoms with van der Waals surface area (Å²) in [6, 6.07) is 24.0. The molecule has 0 bridgehead atoms. The zero-order valence-corrected chi connectivity index (χ0v) is 16.8. The van der Waals surface area contributed by atoms with E-state index in [4.69, 9.17) is 5.73 Å². The Hall–Kier alpha value is -2.84. The molecule has 28 heavy (non-hydrogen) atoms. The van der Waals surface area contributed by atoms with E-state index in [-0.39, 0.29) is 0 Å². The van der Waals surface area contributed by atoms with E-state index in [2.05, 4.69) is 85.6 Å². The molecule has 0 unspecified atom stereocenters. The predicted octanol–water partition coefficient (Wildman–Crippen LogP) is 6.40. The Balaban J connectivity index is 1.78. The van der Waals surface area contributed by atoms with E-state index < -0.39 is 0 Å². The lowest BCUT2D eigenvalue weighted by Gasteiger charge is -2.07. The number of fused-ring (bicyclic) bond motifs is 1. The minimum atomic E-state index is 0.752. The topological polar surface area (TPSA) is 41.8 Å². The van der Waals surface area contributed by atoms with E-state index in [0.29, 0.717) is 0 Å². The van der Waals surface area contributed by atoms with Gasteiger partial charge in [-0.25, -0.2) is 0 Å². The fourth-order valence-electron chi connectivity index (χ4n) is 4.12. The number of aryl methyl sites for hydroxylation is 3. The molecule has 2 nitrogen and oxygen atoms in total. The SMILES string of the molecule is Cc1cc(C)c2[nH]c(-c3ccc(-c4ccccc4)cc3)c(CCCCN)c2c1. The molecule has 0 saturated carbocycles. The Kier molecular flexibility index (Phi) is 5.31. The fraction of sp³-hybridized carbons (Fsp3) is 0.231. The van der Waals surface area contributed by atoms with E-state index in [1.807, 2.05) is 0 Å². The van der Waals surface area contributed by atoms with Crippen molar-refractivity contribution in [1.29, 1.82) is 0 Å². The van der Waals surface area contributed by atoms with Crippen LogP contribution in [0.1, 0.15) is 29.5 Å². The molecule has 0 amide bonds. The van der Waals surface area contributed by atoms with Crippen molar-refractivity contribution in [3.8, 4) is 22.4 Å². The first-order valence-electron chi connectivity index (χ1n) is 10.1. The first-order chi connectivity index (χ1) is 13.7. The van der Waals surface area contributed by atoms with Crippen LogP contribution in [0.25, 0.3) is 33.3 Å². The van der Waals surface area contributed by atoms with E-state index in [9.17, 15) is 0 Å². The van der Waals surface area contributed by atoms with Gasteiger partial charge in [0, 0.05) is 16.6 Å². The highest BCUT2D eigenvalue weighted by Crippen LogP contribution is 2.34.